The highest BCUT2D eigenvalue weighted by Crippen LogP contribution is 2.36. The lowest BCUT2D eigenvalue weighted by Crippen LogP contribution is -2.45. The smallest absolute Gasteiger partial charge is 0.201 e. The lowest BCUT2D eigenvalue weighted by atomic mass is 9.86. The Balaban J connectivity index is 2.32. The molecule has 0 bridgehead atoms. The first kappa shape index (κ1) is 17.9. The van der Waals surface area contributed by atoms with Crippen molar-refractivity contribution in [3.63, 3.8) is 0 Å². The van der Waals surface area contributed by atoms with Gasteiger partial charge in [-0.2, -0.15) is 0 Å². The number of benzene rings is 2. The van der Waals surface area contributed by atoms with Crippen molar-refractivity contribution < 1.29 is 4.57 Å². The van der Waals surface area contributed by atoms with Crippen LogP contribution >= 0.6 is 0 Å². The van der Waals surface area contributed by atoms with E-state index < -0.39 is 8.07 Å². The van der Waals surface area contributed by atoms with Crippen LogP contribution in [0.25, 0.3) is 22.0 Å². The van der Waals surface area contributed by atoms with E-state index in [9.17, 15) is 0 Å². The van der Waals surface area contributed by atoms with E-state index in [1.165, 1.54) is 38.3 Å². The lowest BCUT2D eigenvalue weighted by molar-refractivity contribution is -0.659. The first-order valence-electron chi connectivity index (χ1n) is 9.23. The Labute approximate surface area is 153 Å². The van der Waals surface area contributed by atoms with Gasteiger partial charge >= 0.3 is 0 Å². The normalized spacial score (nSPS) is 12.2. The van der Waals surface area contributed by atoms with E-state index in [0.717, 1.165) is 0 Å². The fourth-order valence-corrected chi connectivity index (χ4v) is 4.94. The minimum Gasteiger partial charge on any atom is -0.201 e. The van der Waals surface area contributed by atoms with Crippen molar-refractivity contribution in [2.24, 2.45) is 7.05 Å². The second kappa shape index (κ2) is 6.42. The van der Waals surface area contributed by atoms with Crippen LogP contribution in [0.3, 0.4) is 0 Å². The number of hydrogen-bond acceptors (Lipinski definition) is 0. The molecule has 0 spiro atoms. The number of aryl methyl sites for hydroxylation is 2. The third-order valence-electron chi connectivity index (χ3n) is 5.12. The Kier molecular flexibility index (Phi) is 4.59. The Morgan fingerprint density at radius 3 is 2.24 bits per heavy atom. The summed E-state index contributed by atoms with van der Waals surface area (Å²) in [5, 5.41) is 4.23. The maximum absolute atomic E-state index is 2.41. The Morgan fingerprint density at radius 2 is 1.64 bits per heavy atom. The number of aromatic nitrogens is 1. The average Bonchev–Trinajstić information content (AvgIpc) is 2.52. The van der Waals surface area contributed by atoms with E-state index in [0.29, 0.717) is 5.92 Å². The highest BCUT2D eigenvalue weighted by atomic mass is 28.3. The number of pyridine rings is 1. The lowest BCUT2D eigenvalue weighted by Gasteiger charge is -2.19. The maximum atomic E-state index is 2.41. The number of rotatable bonds is 3. The van der Waals surface area contributed by atoms with Gasteiger partial charge in [-0.15, -0.1) is 0 Å². The average molecular weight is 349 g/mol. The number of nitrogens with zero attached hydrogens (tertiary/aromatic N) is 1. The second-order valence-electron chi connectivity index (χ2n) is 8.52. The van der Waals surface area contributed by atoms with E-state index in [4.69, 9.17) is 0 Å². The summed E-state index contributed by atoms with van der Waals surface area (Å²) in [6, 6.07) is 15.8. The summed E-state index contributed by atoms with van der Waals surface area (Å²) in [4.78, 5) is 0. The fourth-order valence-electron chi connectivity index (χ4n) is 3.77. The van der Waals surface area contributed by atoms with Gasteiger partial charge in [0, 0.05) is 11.3 Å². The molecule has 25 heavy (non-hydrogen) atoms. The molecule has 0 saturated heterocycles. The van der Waals surface area contributed by atoms with Crippen molar-refractivity contribution in [3.8, 4) is 11.3 Å². The summed E-state index contributed by atoms with van der Waals surface area (Å²) >= 11 is 0. The van der Waals surface area contributed by atoms with Crippen LogP contribution in [-0.4, -0.2) is 8.07 Å². The third kappa shape index (κ3) is 3.28. The van der Waals surface area contributed by atoms with Crippen LogP contribution in [0.5, 0.6) is 0 Å². The molecule has 0 N–H and O–H groups in total. The zero-order valence-corrected chi connectivity index (χ0v) is 17.6. The molecule has 130 valence electrons. The van der Waals surface area contributed by atoms with E-state index in [-0.39, 0.29) is 0 Å². The summed E-state index contributed by atoms with van der Waals surface area (Å²) in [6.07, 6.45) is 2.35. The molecule has 0 atom stereocenters. The van der Waals surface area contributed by atoms with Crippen LogP contribution in [0.4, 0.5) is 0 Å². The molecule has 1 heterocycles. The van der Waals surface area contributed by atoms with Gasteiger partial charge in [-0.3, -0.25) is 0 Å². The van der Waals surface area contributed by atoms with E-state index in [1.54, 1.807) is 0 Å². The van der Waals surface area contributed by atoms with E-state index >= 15 is 0 Å². The van der Waals surface area contributed by atoms with Crippen molar-refractivity contribution >= 4 is 24.0 Å². The van der Waals surface area contributed by atoms with Gasteiger partial charge in [-0.05, 0) is 34.7 Å². The molecule has 0 fully saturated rings. The largest absolute Gasteiger partial charge is 0.212 e. The van der Waals surface area contributed by atoms with E-state index in [2.05, 4.69) is 101 Å². The maximum Gasteiger partial charge on any atom is 0.212 e. The Hall–Kier alpha value is -1.93. The summed E-state index contributed by atoms with van der Waals surface area (Å²) in [5.41, 5.74) is 5.54. The molecule has 0 aliphatic carbocycles. The van der Waals surface area contributed by atoms with Crippen LogP contribution in [0.2, 0.25) is 19.6 Å². The van der Waals surface area contributed by atoms with Crippen LogP contribution < -0.4 is 9.75 Å². The summed E-state index contributed by atoms with van der Waals surface area (Å²) in [7, 11) is 0.890. The van der Waals surface area contributed by atoms with Gasteiger partial charge < -0.3 is 0 Å². The van der Waals surface area contributed by atoms with Crippen molar-refractivity contribution in [1.29, 1.82) is 0 Å². The monoisotopic (exact) mass is 348 g/mol. The highest BCUT2D eigenvalue weighted by Gasteiger charge is 2.24. The van der Waals surface area contributed by atoms with Gasteiger partial charge in [0.05, 0.1) is 13.6 Å². The van der Waals surface area contributed by atoms with Gasteiger partial charge in [-0.25, -0.2) is 4.57 Å². The quantitative estimate of drug-likeness (QED) is 0.446. The van der Waals surface area contributed by atoms with Crippen molar-refractivity contribution in [1.82, 2.24) is 0 Å². The molecular formula is C23H30NSi+. The molecule has 0 aliphatic heterocycles. The first-order chi connectivity index (χ1) is 11.7. The molecule has 0 radical (unpaired) electrons. The molecule has 0 unspecified atom stereocenters. The second-order valence-corrected chi connectivity index (χ2v) is 13.6. The third-order valence-corrected chi connectivity index (χ3v) is 7.15. The first-order valence-corrected chi connectivity index (χ1v) is 12.7. The number of hydrogen-bond donors (Lipinski definition) is 0. The molecule has 0 amide bonds. The molecule has 2 aromatic carbocycles. The Morgan fingerprint density at radius 1 is 0.960 bits per heavy atom. The summed E-state index contributed by atoms with van der Waals surface area (Å²) in [6.45, 7) is 14.1. The molecule has 0 aliphatic rings. The van der Waals surface area contributed by atoms with Gasteiger partial charge in [-0.1, -0.05) is 69.9 Å². The standard InChI is InChI=1S/C23H30NSi/c1-16(2)22-20-11-9-8-10-18(20)14-17(3)23(22)21-13-12-19(15-24(21)4)25(5,6)7/h8-16H,1-7H3/q+1. The zero-order valence-electron chi connectivity index (χ0n) is 16.6. The van der Waals surface area contributed by atoms with Gasteiger partial charge in [0.2, 0.25) is 5.69 Å². The summed E-state index contributed by atoms with van der Waals surface area (Å²) < 4.78 is 2.33. The predicted molar refractivity (Wildman–Crippen MR) is 112 cm³/mol. The van der Waals surface area contributed by atoms with Gasteiger partial charge in [0.1, 0.15) is 7.05 Å². The van der Waals surface area contributed by atoms with E-state index in [1.807, 2.05) is 0 Å². The summed E-state index contributed by atoms with van der Waals surface area (Å²) in [5.74, 6) is 0.483. The fraction of sp³-hybridized carbons (Fsp3) is 0.348. The van der Waals surface area contributed by atoms with Crippen LogP contribution in [0.15, 0.2) is 48.7 Å². The Bertz CT molecular complexity index is 933. The molecule has 0 saturated carbocycles. The van der Waals surface area contributed by atoms with Gasteiger partial charge in [0.15, 0.2) is 6.20 Å². The van der Waals surface area contributed by atoms with Crippen molar-refractivity contribution in [2.75, 3.05) is 0 Å². The van der Waals surface area contributed by atoms with Crippen molar-refractivity contribution in [2.45, 2.75) is 46.3 Å². The molecule has 1 nitrogen and oxygen atoms in total. The molecule has 1 aromatic heterocycles. The number of fused-ring (bicyclic) bond motifs is 1. The molecular weight excluding hydrogens is 318 g/mol. The minimum absolute atomic E-state index is 0.483. The molecule has 2 heteroatoms. The van der Waals surface area contributed by atoms with Crippen molar-refractivity contribution in [3.05, 3.63) is 59.8 Å². The SMILES string of the molecule is Cc1cc2ccccc2c(C(C)C)c1-c1ccc([Si](C)(C)C)c[n+]1C. The minimum atomic E-state index is -1.30. The van der Waals surface area contributed by atoms with Crippen LogP contribution in [0.1, 0.15) is 30.9 Å². The van der Waals surface area contributed by atoms with Crippen LogP contribution in [0, 0.1) is 6.92 Å². The van der Waals surface area contributed by atoms with Crippen LogP contribution in [-0.2, 0) is 7.05 Å². The molecule has 3 rings (SSSR count). The molecule has 3 aromatic rings. The predicted octanol–water partition coefficient (Wildman–Crippen LogP) is 5.31. The highest BCUT2D eigenvalue weighted by molar-refractivity contribution is 6.88. The zero-order chi connectivity index (χ0) is 18.4. The topological polar surface area (TPSA) is 3.88 Å². The van der Waals surface area contributed by atoms with Gasteiger partial charge in [0.25, 0.3) is 0 Å².